The lowest BCUT2D eigenvalue weighted by atomic mass is 9.86. The van der Waals surface area contributed by atoms with Crippen molar-refractivity contribution in [2.75, 3.05) is 7.05 Å². The van der Waals surface area contributed by atoms with Crippen molar-refractivity contribution in [2.45, 2.75) is 76.5 Å². The molecule has 116 valence electrons. The summed E-state index contributed by atoms with van der Waals surface area (Å²) in [7, 11) is 2.30. The van der Waals surface area contributed by atoms with Gasteiger partial charge in [-0.25, -0.2) is 0 Å². The zero-order valence-corrected chi connectivity index (χ0v) is 14.0. The molecule has 2 atom stereocenters. The van der Waals surface area contributed by atoms with Gasteiger partial charge in [0.05, 0.1) is 0 Å². The summed E-state index contributed by atoms with van der Waals surface area (Å²) < 4.78 is 0. The maximum absolute atomic E-state index is 3.74. The summed E-state index contributed by atoms with van der Waals surface area (Å²) >= 11 is 0. The number of fused-ring (bicyclic) bond motifs is 2. The van der Waals surface area contributed by atoms with E-state index in [4.69, 9.17) is 0 Å². The van der Waals surface area contributed by atoms with Gasteiger partial charge in [-0.15, -0.1) is 0 Å². The van der Waals surface area contributed by atoms with E-state index in [0.29, 0.717) is 0 Å². The van der Waals surface area contributed by atoms with Crippen LogP contribution in [0.4, 0.5) is 0 Å². The lowest BCUT2D eigenvalue weighted by Crippen LogP contribution is -2.46. The van der Waals surface area contributed by atoms with Gasteiger partial charge in [-0.3, -0.25) is 4.90 Å². The SMILES string of the molecule is CN(Cc1ccc(C(C)(C)C)cc1)C1CC2CCC(C1)N2. The number of hydrogen-bond donors (Lipinski definition) is 1. The van der Waals surface area contributed by atoms with Gasteiger partial charge in [0, 0.05) is 24.7 Å². The van der Waals surface area contributed by atoms with E-state index < -0.39 is 0 Å². The van der Waals surface area contributed by atoms with Crippen molar-refractivity contribution >= 4 is 0 Å². The molecular weight excluding hydrogens is 256 g/mol. The molecule has 2 saturated heterocycles. The number of nitrogens with one attached hydrogen (secondary N) is 1. The number of benzene rings is 1. The van der Waals surface area contributed by atoms with Gasteiger partial charge < -0.3 is 5.32 Å². The first-order chi connectivity index (χ1) is 9.91. The molecule has 1 aromatic carbocycles. The Kier molecular flexibility index (Phi) is 4.11. The highest BCUT2D eigenvalue weighted by molar-refractivity contribution is 5.27. The van der Waals surface area contributed by atoms with E-state index in [1.54, 1.807) is 0 Å². The highest BCUT2D eigenvalue weighted by atomic mass is 15.2. The summed E-state index contributed by atoms with van der Waals surface area (Å²) in [6.45, 7) is 7.91. The molecule has 0 saturated carbocycles. The maximum atomic E-state index is 3.74. The highest BCUT2D eigenvalue weighted by Gasteiger charge is 2.34. The fourth-order valence-electron chi connectivity index (χ4n) is 3.91. The van der Waals surface area contributed by atoms with Crippen LogP contribution >= 0.6 is 0 Å². The maximum Gasteiger partial charge on any atom is 0.0233 e. The summed E-state index contributed by atoms with van der Waals surface area (Å²) in [6, 6.07) is 11.5. The van der Waals surface area contributed by atoms with Gasteiger partial charge in [0.2, 0.25) is 0 Å². The molecule has 1 N–H and O–H groups in total. The average molecular weight is 286 g/mol. The normalized spacial score (nSPS) is 29.1. The Morgan fingerprint density at radius 1 is 1.05 bits per heavy atom. The molecule has 2 aliphatic heterocycles. The summed E-state index contributed by atoms with van der Waals surface area (Å²) in [4.78, 5) is 2.57. The zero-order valence-electron chi connectivity index (χ0n) is 14.0. The number of hydrogen-bond acceptors (Lipinski definition) is 2. The lowest BCUT2D eigenvalue weighted by molar-refractivity contribution is 0.166. The molecule has 2 heteroatoms. The minimum atomic E-state index is 0.249. The van der Waals surface area contributed by atoms with Crippen LogP contribution < -0.4 is 5.32 Å². The summed E-state index contributed by atoms with van der Waals surface area (Å²) in [5.41, 5.74) is 3.11. The standard InChI is InChI=1S/C19H30N2/c1-19(2,3)15-7-5-14(6-8-15)13-21(4)18-11-16-9-10-17(12-18)20-16/h5-8,16-18,20H,9-13H2,1-4H3. The van der Waals surface area contributed by atoms with Crippen molar-refractivity contribution in [3.8, 4) is 0 Å². The van der Waals surface area contributed by atoms with Gasteiger partial charge in [0.1, 0.15) is 0 Å². The van der Waals surface area contributed by atoms with Gasteiger partial charge in [-0.2, -0.15) is 0 Å². The molecule has 2 bridgehead atoms. The fourth-order valence-corrected chi connectivity index (χ4v) is 3.91. The minimum absolute atomic E-state index is 0.249. The Hall–Kier alpha value is -0.860. The third kappa shape index (κ3) is 3.49. The molecular formula is C19H30N2. The Bertz CT molecular complexity index is 459. The van der Waals surface area contributed by atoms with Crippen LogP contribution in [0.25, 0.3) is 0 Å². The predicted octanol–water partition coefficient (Wildman–Crippen LogP) is 3.70. The van der Waals surface area contributed by atoms with Crippen molar-refractivity contribution in [1.82, 2.24) is 10.2 Å². The molecule has 0 spiro atoms. The Balaban J connectivity index is 1.61. The molecule has 2 aliphatic rings. The van der Waals surface area contributed by atoms with Crippen molar-refractivity contribution in [2.24, 2.45) is 0 Å². The van der Waals surface area contributed by atoms with Crippen molar-refractivity contribution in [1.29, 1.82) is 0 Å². The molecule has 0 amide bonds. The third-order valence-electron chi connectivity index (χ3n) is 5.32. The minimum Gasteiger partial charge on any atom is -0.311 e. The van der Waals surface area contributed by atoms with Crippen LogP contribution in [0.5, 0.6) is 0 Å². The van der Waals surface area contributed by atoms with Crippen LogP contribution in [0.3, 0.4) is 0 Å². The second kappa shape index (κ2) is 5.73. The molecule has 0 aromatic heterocycles. The number of rotatable bonds is 3. The molecule has 0 aliphatic carbocycles. The molecule has 2 nitrogen and oxygen atoms in total. The fraction of sp³-hybridized carbons (Fsp3) is 0.684. The first-order valence-electron chi connectivity index (χ1n) is 8.47. The molecule has 1 aromatic rings. The second-order valence-corrected chi connectivity index (χ2v) is 8.13. The summed E-state index contributed by atoms with van der Waals surface area (Å²) in [6.07, 6.45) is 5.42. The first kappa shape index (κ1) is 15.1. The van der Waals surface area contributed by atoms with E-state index in [2.05, 4.69) is 62.3 Å². The van der Waals surface area contributed by atoms with Crippen LogP contribution in [0.15, 0.2) is 24.3 Å². The smallest absolute Gasteiger partial charge is 0.0233 e. The Morgan fingerprint density at radius 3 is 2.14 bits per heavy atom. The third-order valence-corrected chi connectivity index (χ3v) is 5.32. The Labute approximate surface area is 129 Å². The van der Waals surface area contributed by atoms with Crippen molar-refractivity contribution in [3.63, 3.8) is 0 Å². The van der Waals surface area contributed by atoms with Gasteiger partial charge in [-0.05, 0) is 49.3 Å². The van der Waals surface area contributed by atoms with Gasteiger partial charge in [-0.1, -0.05) is 45.0 Å². The van der Waals surface area contributed by atoms with Crippen LogP contribution in [0.2, 0.25) is 0 Å². The molecule has 3 rings (SSSR count). The van der Waals surface area contributed by atoms with E-state index in [-0.39, 0.29) is 5.41 Å². The molecule has 2 fully saturated rings. The Morgan fingerprint density at radius 2 is 1.62 bits per heavy atom. The topological polar surface area (TPSA) is 15.3 Å². The van der Waals surface area contributed by atoms with Crippen LogP contribution in [0, 0.1) is 0 Å². The molecule has 0 radical (unpaired) electrons. The van der Waals surface area contributed by atoms with E-state index in [1.165, 1.54) is 36.8 Å². The molecule has 21 heavy (non-hydrogen) atoms. The molecule has 2 heterocycles. The number of nitrogens with zero attached hydrogens (tertiary/aromatic N) is 1. The van der Waals surface area contributed by atoms with Crippen molar-refractivity contribution in [3.05, 3.63) is 35.4 Å². The van der Waals surface area contributed by atoms with Crippen LogP contribution in [0.1, 0.15) is 57.6 Å². The highest BCUT2D eigenvalue weighted by Crippen LogP contribution is 2.30. The monoisotopic (exact) mass is 286 g/mol. The number of piperidine rings is 1. The first-order valence-corrected chi connectivity index (χ1v) is 8.47. The second-order valence-electron chi connectivity index (χ2n) is 8.13. The van der Waals surface area contributed by atoms with E-state index in [9.17, 15) is 0 Å². The summed E-state index contributed by atoms with van der Waals surface area (Å²) in [5.74, 6) is 0. The predicted molar refractivity (Wildman–Crippen MR) is 89.6 cm³/mol. The molecule has 2 unspecified atom stereocenters. The van der Waals surface area contributed by atoms with Crippen LogP contribution in [-0.2, 0) is 12.0 Å². The van der Waals surface area contributed by atoms with Gasteiger partial charge in [0.15, 0.2) is 0 Å². The lowest BCUT2D eigenvalue weighted by Gasteiger charge is -2.35. The summed E-state index contributed by atoms with van der Waals surface area (Å²) in [5, 5.41) is 3.74. The largest absolute Gasteiger partial charge is 0.311 e. The van der Waals surface area contributed by atoms with E-state index >= 15 is 0 Å². The van der Waals surface area contributed by atoms with Gasteiger partial charge >= 0.3 is 0 Å². The van der Waals surface area contributed by atoms with Crippen molar-refractivity contribution < 1.29 is 0 Å². The quantitative estimate of drug-likeness (QED) is 0.911. The van der Waals surface area contributed by atoms with Gasteiger partial charge in [0.25, 0.3) is 0 Å². The van der Waals surface area contributed by atoms with E-state index in [1.807, 2.05) is 0 Å². The van der Waals surface area contributed by atoms with E-state index in [0.717, 1.165) is 24.7 Å². The zero-order chi connectivity index (χ0) is 15.0. The van der Waals surface area contributed by atoms with Crippen LogP contribution in [-0.4, -0.2) is 30.1 Å². The average Bonchev–Trinajstić information content (AvgIpc) is 2.77.